The van der Waals surface area contributed by atoms with Crippen LogP contribution < -0.4 is 9.64 Å². The van der Waals surface area contributed by atoms with Crippen molar-refractivity contribution < 1.29 is 27.1 Å². The van der Waals surface area contributed by atoms with Crippen molar-refractivity contribution in [3.63, 3.8) is 0 Å². The summed E-state index contributed by atoms with van der Waals surface area (Å²) in [5.41, 5.74) is 3.03. The monoisotopic (exact) mass is 614 g/mol. The maximum Gasteiger partial charge on any atom is 0.435 e. The number of amides is 1. The van der Waals surface area contributed by atoms with Crippen molar-refractivity contribution in [2.75, 3.05) is 18.6 Å². The fourth-order valence-corrected chi connectivity index (χ4v) is 5.91. The molecule has 6 aromatic rings. The van der Waals surface area contributed by atoms with Gasteiger partial charge in [0.25, 0.3) is 5.91 Å². The van der Waals surface area contributed by atoms with Gasteiger partial charge in [-0.2, -0.15) is 18.3 Å². The Hall–Kier alpha value is -5.53. The number of imidazole rings is 1. The van der Waals surface area contributed by atoms with Gasteiger partial charge in [-0.3, -0.25) is 14.5 Å². The number of fused-ring (bicyclic) bond motifs is 2. The number of pyridine rings is 1. The molecule has 0 spiro atoms. The van der Waals surface area contributed by atoms with E-state index in [9.17, 15) is 18.0 Å². The molecule has 1 aliphatic rings. The SMILES string of the molecule is COc1cc(-c2nnco2)c2nc(C)cc(N3CCc4c(cc(Cn5ccnc5)cc4-c4cn(C)nc4C(F)(F)F)C3=O)c2c1. The number of carbonyl (C=O) groups excluding carboxylic acids is 1. The van der Waals surface area contributed by atoms with Gasteiger partial charge < -0.3 is 18.6 Å². The molecule has 0 atom stereocenters. The predicted molar refractivity (Wildman–Crippen MR) is 157 cm³/mol. The molecule has 0 saturated heterocycles. The molecule has 0 N–H and O–H groups in total. The summed E-state index contributed by atoms with van der Waals surface area (Å²) in [5.74, 6) is 0.383. The zero-order valence-corrected chi connectivity index (χ0v) is 24.3. The van der Waals surface area contributed by atoms with Crippen LogP contribution in [-0.4, -0.2) is 54.1 Å². The fraction of sp³-hybridized carbons (Fsp3) is 0.226. The Morgan fingerprint density at radius 3 is 2.60 bits per heavy atom. The summed E-state index contributed by atoms with van der Waals surface area (Å²) in [5, 5.41) is 12.2. The maximum atomic E-state index is 14.4. The van der Waals surface area contributed by atoms with E-state index in [4.69, 9.17) is 14.1 Å². The van der Waals surface area contributed by atoms with Crippen molar-refractivity contribution in [2.24, 2.45) is 7.05 Å². The molecule has 0 fully saturated rings. The van der Waals surface area contributed by atoms with Crippen LogP contribution in [0.3, 0.4) is 0 Å². The predicted octanol–water partition coefficient (Wildman–Crippen LogP) is 5.47. The smallest absolute Gasteiger partial charge is 0.435 e. The van der Waals surface area contributed by atoms with Crippen molar-refractivity contribution in [2.45, 2.75) is 26.1 Å². The van der Waals surface area contributed by atoms with Gasteiger partial charge >= 0.3 is 6.18 Å². The van der Waals surface area contributed by atoms with E-state index < -0.39 is 11.9 Å². The zero-order valence-electron chi connectivity index (χ0n) is 24.3. The highest BCUT2D eigenvalue weighted by Crippen LogP contribution is 2.42. The van der Waals surface area contributed by atoms with E-state index in [-0.39, 0.29) is 23.9 Å². The summed E-state index contributed by atoms with van der Waals surface area (Å²) in [6, 6.07) is 8.78. The Kier molecular flexibility index (Phi) is 6.64. The van der Waals surface area contributed by atoms with Crippen LogP contribution in [0.4, 0.5) is 18.9 Å². The number of aryl methyl sites for hydroxylation is 2. The van der Waals surface area contributed by atoms with Gasteiger partial charge in [-0.15, -0.1) is 10.2 Å². The second-order valence-electron chi connectivity index (χ2n) is 10.8. The van der Waals surface area contributed by atoms with Gasteiger partial charge in [0, 0.05) is 60.9 Å². The van der Waals surface area contributed by atoms with Crippen molar-refractivity contribution in [1.29, 1.82) is 0 Å². The van der Waals surface area contributed by atoms with Crippen LogP contribution in [-0.2, 0) is 26.2 Å². The van der Waals surface area contributed by atoms with Gasteiger partial charge in [0.05, 0.1) is 30.2 Å². The van der Waals surface area contributed by atoms with E-state index in [1.165, 1.54) is 26.7 Å². The molecule has 0 bridgehead atoms. The minimum Gasteiger partial charge on any atom is -0.497 e. The summed E-state index contributed by atoms with van der Waals surface area (Å²) in [6.07, 6.45) is 3.16. The molecule has 4 aromatic heterocycles. The zero-order chi connectivity index (χ0) is 31.5. The number of anilines is 1. The third-order valence-electron chi connectivity index (χ3n) is 7.79. The number of carbonyl (C=O) groups is 1. The third-order valence-corrected chi connectivity index (χ3v) is 7.79. The number of alkyl halides is 3. The molecule has 7 rings (SSSR count). The Labute approximate surface area is 253 Å². The molecule has 0 unspecified atom stereocenters. The van der Waals surface area contributed by atoms with Crippen LogP contribution in [0.5, 0.6) is 5.75 Å². The fourth-order valence-electron chi connectivity index (χ4n) is 5.91. The minimum atomic E-state index is -4.68. The van der Waals surface area contributed by atoms with E-state index in [0.717, 1.165) is 4.68 Å². The summed E-state index contributed by atoms with van der Waals surface area (Å²) in [6.45, 7) is 2.33. The van der Waals surface area contributed by atoms with Crippen LogP contribution in [0.1, 0.15) is 32.9 Å². The normalized spacial score (nSPS) is 13.5. The first-order valence-electron chi connectivity index (χ1n) is 13.9. The van der Waals surface area contributed by atoms with Crippen LogP contribution in [0, 0.1) is 6.92 Å². The minimum absolute atomic E-state index is 0.0749. The lowest BCUT2D eigenvalue weighted by Crippen LogP contribution is -2.38. The van der Waals surface area contributed by atoms with Gasteiger partial charge in [0.1, 0.15) is 5.75 Å². The van der Waals surface area contributed by atoms with Crippen molar-refractivity contribution in [1.82, 2.24) is 34.5 Å². The molecule has 1 aliphatic heterocycles. The third kappa shape index (κ3) is 4.97. The van der Waals surface area contributed by atoms with Gasteiger partial charge in [-0.25, -0.2) is 4.98 Å². The molecule has 2 aromatic carbocycles. The van der Waals surface area contributed by atoms with Crippen molar-refractivity contribution >= 4 is 22.5 Å². The molecular formula is C31H25F3N8O3. The first-order chi connectivity index (χ1) is 21.6. The Morgan fingerprint density at radius 1 is 1.07 bits per heavy atom. The molecule has 45 heavy (non-hydrogen) atoms. The average molecular weight is 615 g/mol. The molecule has 0 saturated carbocycles. The standard InChI is InChI=1S/C31H25F3N8O3/c1-17-8-26(23-11-19(44-3)12-24(27(23)37-17)29-38-36-16-45-29)42-6-4-20-21(25-14-40(2)39-28(25)31(32,33)34)9-18(10-22(20)30(42)43)13-41-7-5-35-15-41/h5,7-12,14-16H,4,6,13H2,1-3H3. The highest BCUT2D eigenvalue weighted by molar-refractivity contribution is 6.14. The van der Waals surface area contributed by atoms with Gasteiger partial charge in [0.15, 0.2) is 5.69 Å². The van der Waals surface area contributed by atoms with Crippen molar-refractivity contribution in [3.8, 4) is 28.3 Å². The van der Waals surface area contributed by atoms with E-state index in [1.807, 2.05) is 6.92 Å². The van der Waals surface area contributed by atoms with E-state index >= 15 is 0 Å². The van der Waals surface area contributed by atoms with E-state index in [2.05, 4.69) is 20.3 Å². The summed E-state index contributed by atoms with van der Waals surface area (Å²) in [7, 11) is 2.97. The first-order valence-corrected chi connectivity index (χ1v) is 13.9. The lowest BCUT2D eigenvalue weighted by atomic mass is 9.87. The quantitative estimate of drug-likeness (QED) is 0.243. The highest BCUT2D eigenvalue weighted by Gasteiger charge is 2.39. The number of ether oxygens (including phenoxy) is 1. The number of aromatic nitrogens is 7. The molecule has 5 heterocycles. The number of halogens is 3. The summed E-state index contributed by atoms with van der Waals surface area (Å²) < 4.78 is 56.4. The molecule has 11 nitrogen and oxygen atoms in total. The van der Waals surface area contributed by atoms with E-state index in [1.54, 1.807) is 58.5 Å². The topological polar surface area (TPSA) is 117 Å². The van der Waals surface area contributed by atoms with Gasteiger partial charge in [-0.1, -0.05) is 0 Å². The Morgan fingerprint density at radius 2 is 1.89 bits per heavy atom. The molecular weight excluding hydrogens is 589 g/mol. The van der Waals surface area contributed by atoms with Gasteiger partial charge in [0.2, 0.25) is 12.3 Å². The van der Waals surface area contributed by atoms with E-state index in [0.29, 0.717) is 68.8 Å². The lowest BCUT2D eigenvalue weighted by molar-refractivity contribution is -0.140. The second-order valence-corrected chi connectivity index (χ2v) is 10.8. The number of methoxy groups -OCH3 is 1. The largest absolute Gasteiger partial charge is 0.497 e. The van der Waals surface area contributed by atoms with Crippen molar-refractivity contribution in [3.05, 3.63) is 89.7 Å². The Balaban J connectivity index is 1.41. The Bertz CT molecular complexity index is 2070. The number of nitrogens with zero attached hydrogens (tertiary/aromatic N) is 8. The highest BCUT2D eigenvalue weighted by atomic mass is 19.4. The number of hydrogen-bond donors (Lipinski definition) is 0. The molecule has 0 aliphatic carbocycles. The average Bonchev–Trinajstić information content (AvgIpc) is 3.79. The molecule has 14 heteroatoms. The van der Waals surface area contributed by atoms with Crippen LogP contribution in [0.15, 0.2) is 66.1 Å². The summed E-state index contributed by atoms with van der Waals surface area (Å²) in [4.78, 5) is 24.9. The lowest BCUT2D eigenvalue weighted by Gasteiger charge is -2.31. The molecule has 228 valence electrons. The maximum absolute atomic E-state index is 14.4. The second kappa shape index (κ2) is 10.6. The number of benzene rings is 2. The molecule has 1 amide bonds. The summed E-state index contributed by atoms with van der Waals surface area (Å²) >= 11 is 0. The number of rotatable bonds is 6. The van der Waals surface area contributed by atoms with Crippen LogP contribution >= 0.6 is 0 Å². The first kappa shape index (κ1) is 28.3. The van der Waals surface area contributed by atoms with Gasteiger partial charge in [-0.05, 0) is 60.4 Å². The number of hydrogen-bond acceptors (Lipinski definition) is 8. The molecule has 0 radical (unpaired) electrons. The van der Waals surface area contributed by atoms with Crippen LogP contribution in [0.2, 0.25) is 0 Å². The van der Waals surface area contributed by atoms with Crippen LogP contribution in [0.25, 0.3) is 33.5 Å².